The second kappa shape index (κ2) is 8.83. The van der Waals surface area contributed by atoms with Crippen molar-refractivity contribution in [3.8, 4) is 0 Å². The Morgan fingerprint density at radius 3 is 2.50 bits per heavy atom. The van der Waals surface area contributed by atoms with Crippen LogP contribution in [0.1, 0.15) is 55.7 Å². The van der Waals surface area contributed by atoms with Crippen LogP contribution in [0.25, 0.3) is 11.0 Å². The standard InChI is InChI=1S/C19H29N3O2/c1-4-11-22(12-5-2)13-7-6-8-18-20-16-10-9-15(19(23)24)14-17(16)21(18)3/h9-10,14H,4-8,11-13H2,1-3H3,(H,23,24). The quantitative estimate of drug-likeness (QED) is 0.674. The number of unbranched alkanes of at least 4 members (excludes halogenated alkanes) is 1. The van der Waals surface area contributed by atoms with Gasteiger partial charge < -0.3 is 14.6 Å². The minimum atomic E-state index is -0.897. The van der Waals surface area contributed by atoms with Crippen LogP contribution in [-0.4, -0.2) is 45.2 Å². The summed E-state index contributed by atoms with van der Waals surface area (Å²) in [4.78, 5) is 18.3. The minimum absolute atomic E-state index is 0.312. The lowest BCUT2D eigenvalue weighted by Crippen LogP contribution is -2.26. The van der Waals surface area contributed by atoms with E-state index in [1.54, 1.807) is 18.2 Å². The molecule has 0 saturated carbocycles. The number of imidazole rings is 1. The van der Waals surface area contributed by atoms with E-state index in [1.165, 1.54) is 32.4 Å². The van der Waals surface area contributed by atoms with Gasteiger partial charge in [0.1, 0.15) is 5.82 Å². The number of aromatic nitrogens is 2. The number of carboxylic acids is 1. The van der Waals surface area contributed by atoms with Crippen LogP contribution in [0.3, 0.4) is 0 Å². The Morgan fingerprint density at radius 1 is 1.17 bits per heavy atom. The van der Waals surface area contributed by atoms with Crippen molar-refractivity contribution < 1.29 is 9.90 Å². The number of fused-ring (bicyclic) bond motifs is 1. The maximum absolute atomic E-state index is 11.1. The van der Waals surface area contributed by atoms with Crippen LogP contribution in [0.2, 0.25) is 0 Å². The predicted molar refractivity (Wildman–Crippen MR) is 97.6 cm³/mol. The van der Waals surface area contributed by atoms with Gasteiger partial charge in [0.05, 0.1) is 16.6 Å². The molecule has 1 aromatic carbocycles. The molecule has 24 heavy (non-hydrogen) atoms. The van der Waals surface area contributed by atoms with Gasteiger partial charge in [-0.2, -0.15) is 0 Å². The second-order valence-corrected chi connectivity index (χ2v) is 6.39. The highest BCUT2D eigenvalue weighted by Gasteiger charge is 2.11. The molecule has 0 fully saturated rings. The molecule has 1 aromatic heterocycles. The van der Waals surface area contributed by atoms with Gasteiger partial charge in [0.25, 0.3) is 0 Å². The number of carboxylic acid groups (broad SMARTS) is 1. The first-order valence-corrected chi connectivity index (χ1v) is 8.97. The van der Waals surface area contributed by atoms with Crippen LogP contribution >= 0.6 is 0 Å². The molecule has 0 unspecified atom stereocenters. The molecule has 132 valence electrons. The zero-order chi connectivity index (χ0) is 17.5. The molecule has 0 bridgehead atoms. The molecule has 0 aliphatic heterocycles. The first-order chi connectivity index (χ1) is 11.6. The molecule has 0 atom stereocenters. The number of aromatic carboxylic acids is 1. The van der Waals surface area contributed by atoms with Crippen molar-refractivity contribution in [1.29, 1.82) is 0 Å². The molecule has 2 aromatic rings. The van der Waals surface area contributed by atoms with Gasteiger partial charge >= 0.3 is 5.97 Å². The van der Waals surface area contributed by atoms with Gasteiger partial charge in [-0.25, -0.2) is 9.78 Å². The first kappa shape index (κ1) is 18.5. The zero-order valence-corrected chi connectivity index (χ0v) is 15.1. The lowest BCUT2D eigenvalue weighted by molar-refractivity contribution is 0.0697. The van der Waals surface area contributed by atoms with Crippen LogP contribution in [0.4, 0.5) is 0 Å². The molecule has 5 heteroatoms. The van der Waals surface area contributed by atoms with Crippen molar-refractivity contribution in [2.45, 2.75) is 46.0 Å². The molecular weight excluding hydrogens is 302 g/mol. The number of benzene rings is 1. The number of aryl methyl sites for hydroxylation is 2. The average Bonchev–Trinajstić information content (AvgIpc) is 2.87. The Bertz CT molecular complexity index is 673. The van der Waals surface area contributed by atoms with Crippen LogP contribution in [-0.2, 0) is 13.5 Å². The summed E-state index contributed by atoms with van der Waals surface area (Å²) in [5, 5.41) is 9.12. The highest BCUT2D eigenvalue weighted by molar-refractivity contribution is 5.92. The Hall–Kier alpha value is -1.88. The van der Waals surface area contributed by atoms with Crippen molar-refractivity contribution in [3.63, 3.8) is 0 Å². The molecule has 0 radical (unpaired) electrons. The Labute approximate surface area is 144 Å². The fourth-order valence-electron chi connectivity index (χ4n) is 3.18. The van der Waals surface area contributed by atoms with E-state index in [0.717, 1.165) is 36.2 Å². The van der Waals surface area contributed by atoms with Crippen molar-refractivity contribution in [3.05, 3.63) is 29.6 Å². The largest absolute Gasteiger partial charge is 0.478 e. The number of rotatable bonds is 10. The molecule has 1 N–H and O–H groups in total. The summed E-state index contributed by atoms with van der Waals surface area (Å²) in [6.07, 6.45) is 5.61. The van der Waals surface area contributed by atoms with Crippen molar-refractivity contribution in [1.82, 2.24) is 14.5 Å². The normalized spacial score (nSPS) is 11.5. The summed E-state index contributed by atoms with van der Waals surface area (Å²) in [7, 11) is 1.97. The van der Waals surface area contributed by atoms with Gasteiger partial charge in [-0.3, -0.25) is 0 Å². The van der Waals surface area contributed by atoms with Crippen molar-refractivity contribution >= 4 is 17.0 Å². The maximum atomic E-state index is 11.1. The molecule has 0 amide bonds. The highest BCUT2D eigenvalue weighted by Crippen LogP contribution is 2.18. The molecular formula is C19H29N3O2. The van der Waals surface area contributed by atoms with E-state index in [2.05, 4.69) is 23.7 Å². The zero-order valence-electron chi connectivity index (χ0n) is 15.1. The number of hydrogen-bond donors (Lipinski definition) is 1. The van der Waals surface area contributed by atoms with Crippen LogP contribution in [0.15, 0.2) is 18.2 Å². The third-order valence-electron chi connectivity index (χ3n) is 4.42. The number of nitrogens with zero attached hydrogens (tertiary/aromatic N) is 3. The van der Waals surface area contributed by atoms with Crippen LogP contribution < -0.4 is 0 Å². The fourth-order valence-corrected chi connectivity index (χ4v) is 3.18. The van der Waals surface area contributed by atoms with E-state index in [0.29, 0.717) is 5.56 Å². The summed E-state index contributed by atoms with van der Waals surface area (Å²) in [6, 6.07) is 5.12. The maximum Gasteiger partial charge on any atom is 0.335 e. The first-order valence-electron chi connectivity index (χ1n) is 8.97. The van der Waals surface area contributed by atoms with Crippen molar-refractivity contribution in [2.24, 2.45) is 7.05 Å². The van der Waals surface area contributed by atoms with E-state index in [9.17, 15) is 4.79 Å². The van der Waals surface area contributed by atoms with Gasteiger partial charge in [0.15, 0.2) is 0 Å². The topological polar surface area (TPSA) is 58.4 Å². The summed E-state index contributed by atoms with van der Waals surface area (Å²) in [6.45, 7) is 7.96. The van der Waals surface area contributed by atoms with Crippen LogP contribution in [0, 0.1) is 0 Å². The lowest BCUT2D eigenvalue weighted by atomic mass is 10.2. The van der Waals surface area contributed by atoms with E-state index < -0.39 is 5.97 Å². The highest BCUT2D eigenvalue weighted by atomic mass is 16.4. The van der Waals surface area contributed by atoms with Gasteiger partial charge in [-0.05, 0) is 63.5 Å². The molecule has 0 aliphatic rings. The van der Waals surface area contributed by atoms with Gasteiger partial charge in [-0.1, -0.05) is 13.8 Å². The average molecular weight is 331 g/mol. The molecule has 5 nitrogen and oxygen atoms in total. The Kier molecular flexibility index (Phi) is 6.79. The summed E-state index contributed by atoms with van der Waals surface area (Å²) in [5.41, 5.74) is 2.08. The third kappa shape index (κ3) is 4.57. The Morgan fingerprint density at radius 2 is 1.88 bits per heavy atom. The monoisotopic (exact) mass is 331 g/mol. The number of hydrogen-bond acceptors (Lipinski definition) is 3. The van der Waals surface area contributed by atoms with E-state index in [-0.39, 0.29) is 0 Å². The van der Waals surface area contributed by atoms with Gasteiger partial charge in [-0.15, -0.1) is 0 Å². The molecule has 1 heterocycles. The van der Waals surface area contributed by atoms with Crippen LogP contribution in [0.5, 0.6) is 0 Å². The fraction of sp³-hybridized carbons (Fsp3) is 0.579. The summed E-state index contributed by atoms with van der Waals surface area (Å²) < 4.78 is 2.03. The minimum Gasteiger partial charge on any atom is -0.478 e. The second-order valence-electron chi connectivity index (χ2n) is 6.39. The third-order valence-corrected chi connectivity index (χ3v) is 4.42. The van der Waals surface area contributed by atoms with Gasteiger partial charge in [0.2, 0.25) is 0 Å². The van der Waals surface area contributed by atoms with Gasteiger partial charge in [0, 0.05) is 13.5 Å². The summed E-state index contributed by atoms with van der Waals surface area (Å²) >= 11 is 0. The summed E-state index contributed by atoms with van der Waals surface area (Å²) in [5.74, 6) is 0.136. The smallest absolute Gasteiger partial charge is 0.335 e. The van der Waals surface area contributed by atoms with Crippen molar-refractivity contribution in [2.75, 3.05) is 19.6 Å². The van der Waals surface area contributed by atoms with E-state index in [1.807, 2.05) is 11.6 Å². The molecule has 0 saturated heterocycles. The molecule has 2 rings (SSSR count). The predicted octanol–water partition coefficient (Wildman–Crippen LogP) is 3.72. The SMILES string of the molecule is CCCN(CCC)CCCCc1nc2ccc(C(=O)O)cc2n1C. The molecule has 0 spiro atoms. The lowest BCUT2D eigenvalue weighted by Gasteiger charge is -2.20. The Balaban J connectivity index is 1.95. The van der Waals surface area contributed by atoms with E-state index >= 15 is 0 Å². The number of carbonyl (C=O) groups is 1. The van der Waals surface area contributed by atoms with E-state index in [4.69, 9.17) is 5.11 Å². The molecule has 0 aliphatic carbocycles.